The fourth-order valence-electron chi connectivity index (χ4n) is 3.83. The average Bonchev–Trinajstić information content (AvgIpc) is 2.49. The molecule has 1 aliphatic carbocycles. The molecule has 3 atom stereocenters. The zero-order chi connectivity index (χ0) is 15.1. The maximum Gasteiger partial charge on any atom is 0.0850 e. The molecular formula is C18H30N2O. The Balaban J connectivity index is 2.05. The summed E-state index contributed by atoms with van der Waals surface area (Å²) in [6.45, 7) is 5.18. The van der Waals surface area contributed by atoms with Crippen LogP contribution in [0.4, 0.5) is 0 Å². The summed E-state index contributed by atoms with van der Waals surface area (Å²) in [5.74, 6) is 6.62. The van der Waals surface area contributed by atoms with Crippen molar-refractivity contribution in [2.45, 2.75) is 64.0 Å². The van der Waals surface area contributed by atoms with Crippen LogP contribution >= 0.6 is 0 Å². The number of aryl methyl sites for hydroxylation is 1. The predicted octanol–water partition coefficient (Wildman–Crippen LogP) is 3.44. The van der Waals surface area contributed by atoms with Crippen LogP contribution in [0.2, 0.25) is 0 Å². The van der Waals surface area contributed by atoms with Gasteiger partial charge in [-0.1, -0.05) is 50.1 Å². The molecule has 0 bridgehead atoms. The van der Waals surface area contributed by atoms with Gasteiger partial charge in [-0.25, -0.2) is 0 Å². The molecule has 3 nitrogen and oxygen atoms in total. The van der Waals surface area contributed by atoms with Gasteiger partial charge in [0.25, 0.3) is 0 Å². The van der Waals surface area contributed by atoms with Gasteiger partial charge >= 0.3 is 0 Å². The molecule has 0 amide bonds. The van der Waals surface area contributed by atoms with Gasteiger partial charge in [-0.2, -0.15) is 0 Å². The lowest BCUT2D eigenvalue weighted by Crippen LogP contribution is -2.57. The first-order chi connectivity index (χ1) is 10.2. The fraction of sp³-hybridized carbons (Fsp3) is 0.667. The third-order valence-corrected chi connectivity index (χ3v) is 4.82. The summed E-state index contributed by atoms with van der Waals surface area (Å²) in [6.07, 6.45) is 6.85. The van der Waals surface area contributed by atoms with E-state index >= 15 is 0 Å². The van der Waals surface area contributed by atoms with Crippen molar-refractivity contribution in [2.75, 3.05) is 6.61 Å². The van der Waals surface area contributed by atoms with Gasteiger partial charge in [0.05, 0.1) is 11.6 Å². The summed E-state index contributed by atoms with van der Waals surface area (Å²) in [7, 11) is 0. The van der Waals surface area contributed by atoms with Crippen LogP contribution in [0.15, 0.2) is 30.3 Å². The lowest BCUT2D eigenvalue weighted by Gasteiger charge is -2.45. The Labute approximate surface area is 129 Å². The molecule has 0 spiro atoms. The van der Waals surface area contributed by atoms with Crippen LogP contribution in [0.5, 0.6) is 0 Å². The molecule has 0 heterocycles. The van der Waals surface area contributed by atoms with Crippen molar-refractivity contribution in [2.24, 2.45) is 11.8 Å². The Hall–Kier alpha value is -0.900. The molecule has 1 aliphatic rings. The van der Waals surface area contributed by atoms with Crippen LogP contribution in [0.1, 0.15) is 51.5 Å². The van der Waals surface area contributed by atoms with Crippen LogP contribution < -0.4 is 11.3 Å². The molecule has 3 heteroatoms. The van der Waals surface area contributed by atoms with Gasteiger partial charge in [0, 0.05) is 6.61 Å². The highest BCUT2D eigenvalue weighted by atomic mass is 16.5. The quantitative estimate of drug-likeness (QED) is 0.597. The minimum absolute atomic E-state index is 0.0874. The highest BCUT2D eigenvalue weighted by Crippen LogP contribution is 2.38. The SMILES string of the molecule is CCOC1(C(CCc2ccccc2)NN)CCCC(C)C1. The molecule has 0 aromatic heterocycles. The minimum Gasteiger partial charge on any atom is -0.374 e. The van der Waals surface area contributed by atoms with Crippen molar-refractivity contribution in [3.63, 3.8) is 0 Å². The molecule has 0 radical (unpaired) electrons. The smallest absolute Gasteiger partial charge is 0.0850 e. The normalized spacial score (nSPS) is 27.5. The second kappa shape index (κ2) is 7.92. The largest absolute Gasteiger partial charge is 0.374 e. The van der Waals surface area contributed by atoms with Crippen LogP contribution in [0, 0.1) is 5.92 Å². The van der Waals surface area contributed by atoms with Crippen LogP contribution in [0.25, 0.3) is 0 Å². The monoisotopic (exact) mass is 290 g/mol. The number of benzene rings is 1. The summed E-state index contributed by atoms with van der Waals surface area (Å²) in [5, 5.41) is 0. The van der Waals surface area contributed by atoms with E-state index in [0.717, 1.165) is 38.2 Å². The van der Waals surface area contributed by atoms with E-state index in [4.69, 9.17) is 10.6 Å². The van der Waals surface area contributed by atoms with E-state index in [1.54, 1.807) is 0 Å². The first kappa shape index (κ1) is 16.5. The Morgan fingerprint density at radius 2 is 2.14 bits per heavy atom. The van der Waals surface area contributed by atoms with Crippen LogP contribution in [-0.2, 0) is 11.2 Å². The first-order valence-corrected chi connectivity index (χ1v) is 8.34. The van der Waals surface area contributed by atoms with Gasteiger partial charge in [0.15, 0.2) is 0 Å². The number of rotatable bonds is 7. The molecule has 1 aromatic carbocycles. The number of nitrogens with two attached hydrogens (primary N) is 1. The van der Waals surface area contributed by atoms with Crippen molar-refractivity contribution in [1.29, 1.82) is 0 Å². The molecule has 21 heavy (non-hydrogen) atoms. The minimum atomic E-state index is -0.0874. The number of ether oxygens (including phenoxy) is 1. The molecule has 1 saturated carbocycles. The van der Waals surface area contributed by atoms with Gasteiger partial charge in [-0.15, -0.1) is 0 Å². The van der Waals surface area contributed by atoms with Crippen LogP contribution in [0.3, 0.4) is 0 Å². The van der Waals surface area contributed by atoms with Gasteiger partial charge in [-0.3, -0.25) is 11.3 Å². The molecule has 3 unspecified atom stereocenters. The third kappa shape index (κ3) is 4.29. The lowest BCUT2D eigenvalue weighted by atomic mass is 9.73. The summed E-state index contributed by atoms with van der Waals surface area (Å²) in [5.41, 5.74) is 4.34. The highest BCUT2D eigenvalue weighted by molar-refractivity contribution is 5.15. The Morgan fingerprint density at radius 1 is 1.38 bits per heavy atom. The topological polar surface area (TPSA) is 47.3 Å². The van der Waals surface area contributed by atoms with E-state index in [2.05, 4.69) is 49.6 Å². The molecule has 1 aromatic rings. The van der Waals surface area contributed by atoms with E-state index < -0.39 is 0 Å². The van der Waals surface area contributed by atoms with Crippen molar-refractivity contribution < 1.29 is 4.74 Å². The van der Waals surface area contributed by atoms with Crippen molar-refractivity contribution >= 4 is 0 Å². The second-order valence-corrected chi connectivity index (χ2v) is 6.44. The van der Waals surface area contributed by atoms with Crippen molar-refractivity contribution in [3.8, 4) is 0 Å². The number of hydrogen-bond acceptors (Lipinski definition) is 3. The summed E-state index contributed by atoms with van der Waals surface area (Å²) in [6, 6.07) is 10.9. The molecule has 0 aliphatic heterocycles. The number of nitrogens with one attached hydrogen (secondary N) is 1. The molecule has 1 fully saturated rings. The summed E-state index contributed by atoms with van der Waals surface area (Å²) < 4.78 is 6.24. The zero-order valence-electron chi connectivity index (χ0n) is 13.5. The number of hydrogen-bond donors (Lipinski definition) is 2. The van der Waals surface area contributed by atoms with Gasteiger partial charge < -0.3 is 4.74 Å². The zero-order valence-corrected chi connectivity index (χ0v) is 13.5. The molecule has 3 N–H and O–H groups in total. The lowest BCUT2D eigenvalue weighted by molar-refractivity contribution is -0.102. The Morgan fingerprint density at radius 3 is 2.76 bits per heavy atom. The van der Waals surface area contributed by atoms with Gasteiger partial charge in [0.2, 0.25) is 0 Å². The van der Waals surface area contributed by atoms with Gasteiger partial charge in [0.1, 0.15) is 0 Å². The molecule has 0 saturated heterocycles. The summed E-state index contributed by atoms with van der Waals surface area (Å²) in [4.78, 5) is 0. The standard InChI is InChI=1S/C18H30N2O/c1-3-21-18(13-7-8-15(2)14-18)17(20-19)12-11-16-9-5-4-6-10-16/h4-6,9-10,15,17,20H,3,7-8,11-14,19H2,1-2H3. The Bertz CT molecular complexity index is 405. The average molecular weight is 290 g/mol. The predicted molar refractivity (Wildman–Crippen MR) is 87.9 cm³/mol. The second-order valence-electron chi connectivity index (χ2n) is 6.44. The molecule has 118 valence electrons. The first-order valence-electron chi connectivity index (χ1n) is 8.34. The van der Waals surface area contributed by atoms with Crippen LogP contribution in [-0.4, -0.2) is 18.2 Å². The maximum absolute atomic E-state index is 6.24. The van der Waals surface area contributed by atoms with Gasteiger partial charge in [-0.05, 0) is 44.1 Å². The van der Waals surface area contributed by atoms with E-state index in [1.165, 1.54) is 18.4 Å². The van der Waals surface area contributed by atoms with Crippen molar-refractivity contribution in [1.82, 2.24) is 5.43 Å². The fourth-order valence-corrected chi connectivity index (χ4v) is 3.83. The molecular weight excluding hydrogens is 260 g/mol. The number of hydrazine groups is 1. The Kier molecular flexibility index (Phi) is 6.22. The van der Waals surface area contributed by atoms with E-state index in [0.29, 0.717) is 0 Å². The van der Waals surface area contributed by atoms with E-state index in [9.17, 15) is 0 Å². The maximum atomic E-state index is 6.24. The van der Waals surface area contributed by atoms with E-state index in [-0.39, 0.29) is 11.6 Å². The third-order valence-electron chi connectivity index (χ3n) is 4.82. The summed E-state index contributed by atoms with van der Waals surface area (Å²) >= 11 is 0. The molecule has 2 rings (SSSR count). The van der Waals surface area contributed by atoms with E-state index in [1.807, 2.05) is 0 Å². The van der Waals surface area contributed by atoms with Crippen molar-refractivity contribution in [3.05, 3.63) is 35.9 Å². The highest BCUT2D eigenvalue weighted by Gasteiger charge is 2.42.